The molecule has 0 atom stereocenters. The molecule has 0 radical (unpaired) electrons. The van der Waals surface area contributed by atoms with Crippen molar-refractivity contribution in [2.24, 2.45) is 0 Å². The maximum atomic E-state index is 11.6. The number of nitrogens with one attached hydrogen (secondary N) is 1. The summed E-state index contributed by atoms with van der Waals surface area (Å²) < 4.78 is 16.1. The van der Waals surface area contributed by atoms with Gasteiger partial charge in [-0.25, -0.2) is 0 Å². The Morgan fingerprint density at radius 3 is 2.57 bits per heavy atom. The minimum absolute atomic E-state index is 0.152. The van der Waals surface area contributed by atoms with Crippen molar-refractivity contribution in [3.05, 3.63) is 23.8 Å². The predicted octanol–water partition coefficient (Wildman–Crippen LogP) is 2.53. The zero-order valence-corrected chi connectivity index (χ0v) is 13.5. The number of methoxy groups -OCH3 is 1. The van der Waals surface area contributed by atoms with Crippen LogP contribution in [0.4, 0.5) is 0 Å². The number of rotatable bonds is 7. The van der Waals surface area contributed by atoms with Crippen LogP contribution in [0.25, 0.3) is 0 Å². The van der Waals surface area contributed by atoms with Crippen molar-refractivity contribution in [1.82, 2.24) is 5.32 Å². The van der Waals surface area contributed by atoms with Gasteiger partial charge in [0.05, 0.1) is 20.3 Å². The Kier molecular flexibility index (Phi) is 6.49. The predicted molar refractivity (Wildman–Crippen MR) is 81.7 cm³/mol. The van der Waals surface area contributed by atoms with Crippen LogP contribution in [-0.2, 0) is 16.1 Å². The van der Waals surface area contributed by atoms with Gasteiger partial charge in [-0.3, -0.25) is 4.79 Å². The van der Waals surface area contributed by atoms with Crippen molar-refractivity contribution in [1.29, 1.82) is 0 Å². The molecule has 21 heavy (non-hydrogen) atoms. The van der Waals surface area contributed by atoms with E-state index >= 15 is 0 Å². The highest BCUT2D eigenvalue weighted by Crippen LogP contribution is 2.30. The van der Waals surface area contributed by atoms with E-state index in [0.717, 1.165) is 5.56 Å². The first kappa shape index (κ1) is 17.3. The minimum Gasteiger partial charge on any atom is -0.493 e. The molecule has 0 heterocycles. The molecular weight excluding hydrogens is 270 g/mol. The Morgan fingerprint density at radius 1 is 1.29 bits per heavy atom. The number of hydrogen-bond donors (Lipinski definition) is 1. The summed E-state index contributed by atoms with van der Waals surface area (Å²) in [6.45, 7) is 8.69. The summed E-state index contributed by atoms with van der Waals surface area (Å²) in [6, 6.07) is 5.70. The number of ether oxygens (including phenoxy) is 3. The topological polar surface area (TPSA) is 56.8 Å². The zero-order valence-electron chi connectivity index (χ0n) is 13.5. The van der Waals surface area contributed by atoms with Gasteiger partial charge in [-0.05, 0) is 33.8 Å². The quantitative estimate of drug-likeness (QED) is 0.783. The molecule has 1 N–H and O–H groups in total. The highest BCUT2D eigenvalue weighted by molar-refractivity contribution is 5.72. The molecule has 0 bridgehead atoms. The molecule has 0 aliphatic heterocycles. The molecule has 0 amide bonds. The van der Waals surface area contributed by atoms with Gasteiger partial charge in [0.25, 0.3) is 0 Å². The Bertz CT molecular complexity index is 466. The van der Waals surface area contributed by atoms with Crippen molar-refractivity contribution in [2.45, 2.75) is 39.8 Å². The molecule has 0 saturated carbocycles. The first-order valence-corrected chi connectivity index (χ1v) is 7.08. The highest BCUT2D eigenvalue weighted by atomic mass is 16.6. The Hall–Kier alpha value is -1.75. The second-order valence-electron chi connectivity index (χ2n) is 5.57. The van der Waals surface area contributed by atoms with Crippen LogP contribution in [0.3, 0.4) is 0 Å². The largest absolute Gasteiger partial charge is 0.493 e. The van der Waals surface area contributed by atoms with E-state index in [0.29, 0.717) is 24.7 Å². The number of esters is 1. The second kappa shape index (κ2) is 7.88. The van der Waals surface area contributed by atoms with Crippen molar-refractivity contribution in [3.8, 4) is 11.5 Å². The molecule has 0 unspecified atom stereocenters. The van der Waals surface area contributed by atoms with Crippen molar-refractivity contribution < 1.29 is 19.0 Å². The van der Waals surface area contributed by atoms with Gasteiger partial charge in [-0.15, -0.1) is 0 Å². The first-order valence-electron chi connectivity index (χ1n) is 7.08. The van der Waals surface area contributed by atoms with Gasteiger partial charge in [0.1, 0.15) is 5.60 Å². The maximum Gasteiger partial charge on any atom is 0.320 e. The Balaban J connectivity index is 2.59. The summed E-state index contributed by atoms with van der Waals surface area (Å²) in [4.78, 5) is 11.6. The molecule has 0 saturated heterocycles. The fourth-order valence-electron chi connectivity index (χ4n) is 1.88. The molecule has 5 heteroatoms. The van der Waals surface area contributed by atoms with Crippen LogP contribution in [0.2, 0.25) is 0 Å². The van der Waals surface area contributed by atoms with E-state index in [1.165, 1.54) is 0 Å². The van der Waals surface area contributed by atoms with Gasteiger partial charge < -0.3 is 19.5 Å². The smallest absolute Gasteiger partial charge is 0.320 e. The van der Waals surface area contributed by atoms with E-state index in [-0.39, 0.29) is 12.5 Å². The lowest BCUT2D eigenvalue weighted by Crippen LogP contribution is -2.31. The lowest BCUT2D eigenvalue weighted by atomic mass is 10.2. The molecule has 1 rings (SSSR count). The summed E-state index contributed by atoms with van der Waals surface area (Å²) in [5.41, 5.74) is 0.470. The van der Waals surface area contributed by atoms with Crippen molar-refractivity contribution in [3.63, 3.8) is 0 Å². The molecule has 5 nitrogen and oxygen atoms in total. The summed E-state index contributed by atoms with van der Waals surface area (Å²) >= 11 is 0. The van der Waals surface area contributed by atoms with E-state index in [2.05, 4.69) is 5.32 Å². The maximum absolute atomic E-state index is 11.6. The molecule has 0 aliphatic rings. The summed E-state index contributed by atoms with van der Waals surface area (Å²) in [5, 5.41) is 3.06. The molecule has 1 aromatic carbocycles. The summed E-state index contributed by atoms with van der Waals surface area (Å²) in [6.07, 6.45) is 0. The van der Waals surface area contributed by atoms with Crippen molar-refractivity contribution >= 4 is 5.97 Å². The normalized spacial score (nSPS) is 11.1. The van der Waals surface area contributed by atoms with Gasteiger partial charge in [-0.1, -0.05) is 12.1 Å². The molecule has 0 aromatic heterocycles. The van der Waals surface area contributed by atoms with E-state index in [4.69, 9.17) is 14.2 Å². The molecule has 0 spiro atoms. The third-order valence-corrected chi connectivity index (χ3v) is 2.57. The average Bonchev–Trinajstić information content (AvgIpc) is 2.37. The van der Waals surface area contributed by atoms with Crippen LogP contribution in [0.15, 0.2) is 18.2 Å². The molecule has 1 aromatic rings. The van der Waals surface area contributed by atoms with Gasteiger partial charge in [0.2, 0.25) is 0 Å². The fraction of sp³-hybridized carbons (Fsp3) is 0.562. The molecule has 0 aliphatic carbocycles. The lowest BCUT2D eigenvalue weighted by Gasteiger charge is -2.19. The third kappa shape index (κ3) is 6.04. The Labute approximate surface area is 126 Å². The van der Waals surface area contributed by atoms with Crippen molar-refractivity contribution in [2.75, 3.05) is 20.3 Å². The van der Waals surface area contributed by atoms with E-state index in [1.807, 2.05) is 45.9 Å². The lowest BCUT2D eigenvalue weighted by molar-refractivity contribution is -0.153. The van der Waals surface area contributed by atoms with Crippen LogP contribution in [0.1, 0.15) is 33.3 Å². The third-order valence-electron chi connectivity index (χ3n) is 2.57. The zero-order chi connectivity index (χ0) is 15.9. The SMILES string of the molecule is CCOc1cccc(CNCC(=O)OC(C)(C)C)c1OC. The molecule has 0 fully saturated rings. The second-order valence-corrected chi connectivity index (χ2v) is 5.57. The first-order chi connectivity index (χ1) is 9.87. The number of carbonyl (C=O) groups excluding carboxylic acids is 1. The number of hydrogen-bond acceptors (Lipinski definition) is 5. The monoisotopic (exact) mass is 295 g/mol. The van der Waals surface area contributed by atoms with Gasteiger partial charge in [0.15, 0.2) is 11.5 Å². The van der Waals surface area contributed by atoms with E-state index in [9.17, 15) is 4.79 Å². The molecular formula is C16H25NO4. The Morgan fingerprint density at radius 2 is 2.00 bits per heavy atom. The van der Waals surface area contributed by atoms with Crippen LogP contribution in [-0.4, -0.2) is 31.8 Å². The van der Waals surface area contributed by atoms with E-state index < -0.39 is 5.60 Å². The summed E-state index contributed by atoms with van der Waals surface area (Å²) in [5.74, 6) is 1.12. The van der Waals surface area contributed by atoms with Gasteiger partial charge in [-0.2, -0.15) is 0 Å². The fourth-order valence-corrected chi connectivity index (χ4v) is 1.88. The van der Waals surface area contributed by atoms with Crippen LogP contribution in [0.5, 0.6) is 11.5 Å². The number of carbonyl (C=O) groups is 1. The number of benzene rings is 1. The average molecular weight is 295 g/mol. The van der Waals surface area contributed by atoms with Crippen LogP contribution in [0, 0.1) is 0 Å². The van der Waals surface area contributed by atoms with E-state index in [1.54, 1.807) is 7.11 Å². The van der Waals surface area contributed by atoms with Gasteiger partial charge in [0, 0.05) is 12.1 Å². The van der Waals surface area contributed by atoms with Crippen LogP contribution >= 0.6 is 0 Å². The number of para-hydroxylation sites is 1. The van der Waals surface area contributed by atoms with Gasteiger partial charge >= 0.3 is 5.97 Å². The molecule has 118 valence electrons. The minimum atomic E-state index is -0.467. The standard InChI is InChI=1S/C16H25NO4/c1-6-20-13-9-7-8-12(15(13)19-5)10-17-11-14(18)21-16(2,3)4/h7-9,17H,6,10-11H2,1-5H3. The highest BCUT2D eigenvalue weighted by Gasteiger charge is 2.16. The van der Waals surface area contributed by atoms with Crippen LogP contribution < -0.4 is 14.8 Å². The summed E-state index contributed by atoms with van der Waals surface area (Å²) in [7, 11) is 1.61.